The van der Waals surface area contributed by atoms with Crippen molar-refractivity contribution in [2.45, 2.75) is 38.8 Å². The average Bonchev–Trinajstić information content (AvgIpc) is 3.28. The van der Waals surface area contributed by atoms with Crippen molar-refractivity contribution >= 4 is 16.8 Å². The summed E-state index contributed by atoms with van der Waals surface area (Å²) in [5.41, 5.74) is 3.03. The number of nitrogens with zero attached hydrogens (tertiary/aromatic N) is 3. The molecule has 156 valence electrons. The van der Waals surface area contributed by atoms with Gasteiger partial charge >= 0.3 is 0 Å². The second-order valence-electron chi connectivity index (χ2n) is 7.94. The lowest BCUT2D eigenvalue weighted by molar-refractivity contribution is -0.121. The van der Waals surface area contributed by atoms with Crippen LogP contribution in [-0.2, 0) is 31.4 Å². The number of aromatic nitrogens is 2. The van der Waals surface area contributed by atoms with E-state index in [-0.39, 0.29) is 11.5 Å². The van der Waals surface area contributed by atoms with Gasteiger partial charge in [-0.15, -0.1) is 0 Å². The van der Waals surface area contributed by atoms with Crippen molar-refractivity contribution in [1.82, 2.24) is 19.8 Å². The molecule has 0 radical (unpaired) electrons. The molecule has 30 heavy (non-hydrogen) atoms. The van der Waals surface area contributed by atoms with Gasteiger partial charge < -0.3 is 5.32 Å². The van der Waals surface area contributed by atoms with Gasteiger partial charge in [0.25, 0.3) is 5.56 Å². The molecule has 0 bridgehead atoms. The van der Waals surface area contributed by atoms with E-state index in [2.05, 4.69) is 33.4 Å². The summed E-state index contributed by atoms with van der Waals surface area (Å²) in [4.78, 5) is 32.0. The third-order valence-electron chi connectivity index (χ3n) is 5.84. The normalized spacial score (nSPS) is 14.3. The van der Waals surface area contributed by atoms with Gasteiger partial charge in [0.1, 0.15) is 5.82 Å². The van der Waals surface area contributed by atoms with Crippen LogP contribution in [0.5, 0.6) is 0 Å². The maximum absolute atomic E-state index is 12.5. The Kier molecular flexibility index (Phi) is 6.23. The highest BCUT2D eigenvalue weighted by atomic mass is 16.1. The number of aryl methyl sites for hydroxylation is 1. The zero-order valence-corrected chi connectivity index (χ0v) is 17.4. The highest BCUT2D eigenvalue weighted by Crippen LogP contribution is 2.16. The molecule has 1 amide bonds. The Morgan fingerprint density at radius 2 is 1.73 bits per heavy atom. The molecule has 6 heteroatoms. The molecule has 1 N–H and O–H groups in total. The van der Waals surface area contributed by atoms with Crippen LogP contribution in [0.3, 0.4) is 0 Å². The number of amides is 1. The second-order valence-corrected chi connectivity index (χ2v) is 7.94. The first-order valence-electron chi connectivity index (χ1n) is 10.6. The molecule has 1 aliphatic rings. The minimum absolute atomic E-state index is 0.0339. The zero-order valence-electron chi connectivity index (χ0n) is 17.4. The summed E-state index contributed by atoms with van der Waals surface area (Å²) in [5.74, 6) is 0.594. The Morgan fingerprint density at radius 3 is 2.53 bits per heavy atom. The lowest BCUT2D eigenvalue weighted by Gasteiger charge is -2.17. The molecule has 6 nitrogen and oxygen atoms in total. The standard InChI is InChI=1S/C24H28N4O2/c1-27-22(26-21-11-5-4-10-20(21)24(27)30)12-13-23(29)25-16-18-8-2-3-9-19(18)17-28-14-6-7-15-28/h2-5,8-11H,6-7,12-17H2,1H3,(H,25,29). The third-order valence-corrected chi connectivity index (χ3v) is 5.84. The van der Waals surface area contributed by atoms with Crippen molar-refractivity contribution < 1.29 is 4.79 Å². The number of para-hydroxylation sites is 1. The molecule has 0 spiro atoms. The van der Waals surface area contributed by atoms with Gasteiger partial charge in [0.2, 0.25) is 5.91 Å². The summed E-state index contributed by atoms with van der Waals surface area (Å²) < 4.78 is 1.54. The Hall–Kier alpha value is -2.99. The number of carbonyl (C=O) groups excluding carboxylic acids is 1. The number of likely N-dealkylation sites (tertiary alicyclic amines) is 1. The molecular formula is C24H28N4O2. The molecule has 3 aromatic rings. The number of nitrogens with one attached hydrogen (secondary N) is 1. The summed E-state index contributed by atoms with van der Waals surface area (Å²) in [6, 6.07) is 15.6. The molecule has 1 aliphatic heterocycles. The minimum Gasteiger partial charge on any atom is -0.352 e. The minimum atomic E-state index is -0.0770. The van der Waals surface area contributed by atoms with Gasteiger partial charge in [-0.2, -0.15) is 0 Å². The Morgan fingerprint density at radius 1 is 1.03 bits per heavy atom. The predicted molar refractivity (Wildman–Crippen MR) is 118 cm³/mol. The van der Waals surface area contributed by atoms with Crippen LogP contribution in [0, 0.1) is 0 Å². The Labute approximate surface area is 176 Å². The average molecular weight is 405 g/mol. The van der Waals surface area contributed by atoms with Crippen LogP contribution in [0.1, 0.15) is 36.2 Å². The van der Waals surface area contributed by atoms with Gasteiger partial charge in [-0.1, -0.05) is 36.4 Å². The first kappa shape index (κ1) is 20.3. The fraction of sp³-hybridized carbons (Fsp3) is 0.375. The number of rotatable bonds is 7. The number of carbonyl (C=O) groups is 1. The van der Waals surface area contributed by atoms with Crippen molar-refractivity contribution in [3.05, 3.63) is 75.8 Å². The quantitative estimate of drug-likeness (QED) is 0.658. The zero-order chi connectivity index (χ0) is 20.9. The van der Waals surface area contributed by atoms with E-state index in [4.69, 9.17) is 0 Å². The van der Waals surface area contributed by atoms with Crippen LogP contribution >= 0.6 is 0 Å². The number of hydrogen-bond acceptors (Lipinski definition) is 4. The summed E-state index contributed by atoms with van der Waals surface area (Å²) >= 11 is 0. The van der Waals surface area contributed by atoms with Crippen LogP contribution in [0.2, 0.25) is 0 Å². The first-order chi connectivity index (χ1) is 14.6. The van der Waals surface area contributed by atoms with Crippen molar-refractivity contribution in [3.8, 4) is 0 Å². The van der Waals surface area contributed by atoms with Crippen LogP contribution in [-0.4, -0.2) is 33.4 Å². The molecule has 0 atom stereocenters. The van der Waals surface area contributed by atoms with Gasteiger partial charge in [-0.3, -0.25) is 19.1 Å². The fourth-order valence-electron chi connectivity index (χ4n) is 4.06. The van der Waals surface area contributed by atoms with E-state index in [1.54, 1.807) is 17.7 Å². The summed E-state index contributed by atoms with van der Waals surface area (Å²) in [6.07, 6.45) is 3.26. The maximum Gasteiger partial charge on any atom is 0.261 e. The molecule has 0 aliphatic carbocycles. The Balaban J connectivity index is 1.37. The van der Waals surface area contributed by atoms with Gasteiger partial charge in [-0.05, 0) is 49.2 Å². The lowest BCUT2D eigenvalue weighted by atomic mass is 10.1. The topological polar surface area (TPSA) is 67.2 Å². The molecule has 4 rings (SSSR count). The van der Waals surface area contributed by atoms with E-state index >= 15 is 0 Å². The van der Waals surface area contributed by atoms with Gasteiger partial charge in [0, 0.05) is 33.0 Å². The smallest absolute Gasteiger partial charge is 0.261 e. The van der Waals surface area contributed by atoms with Crippen molar-refractivity contribution in [2.24, 2.45) is 7.05 Å². The van der Waals surface area contributed by atoms with E-state index in [0.717, 1.165) is 25.2 Å². The van der Waals surface area contributed by atoms with Crippen LogP contribution in [0.25, 0.3) is 10.9 Å². The predicted octanol–water partition coefficient (Wildman–Crippen LogP) is 2.78. The van der Waals surface area contributed by atoms with Crippen LogP contribution < -0.4 is 10.9 Å². The summed E-state index contributed by atoms with van der Waals surface area (Å²) in [5, 5.41) is 3.63. The van der Waals surface area contributed by atoms with E-state index < -0.39 is 0 Å². The highest BCUT2D eigenvalue weighted by molar-refractivity contribution is 5.78. The first-order valence-corrected chi connectivity index (χ1v) is 10.6. The van der Waals surface area contributed by atoms with Gasteiger partial charge in [0.05, 0.1) is 10.9 Å². The lowest BCUT2D eigenvalue weighted by Crippen LogP contribution is -2.27. The number of hydrogen-bond donors (Lipinski definition) is 1. The molecular weight excluding hydrogens is 376 g/mol. The van der Waals surface area contributed by atoms with Gasteiger partial charge in [0.15, 0.2) is 0 Å². The molecule has 1 aromatic heterocycles. The van der Waals surface area contributed by atoms with E-state index in [0.29, 0.717) is 36.1 Å². The fourth-order valence-corrected chi connectivity index (χ4v) is 4.06. The molecule has 2 aromatic carbocycles. The molecule has 2 heterocycles. The summed E-state index contributed by atoms with van der Waals surface area (Å²) in [6.45, 7) is 3.76. The van der Waals surface area contributed by atoms with Crippen molar-refractivity contribution in [1.29, 1.82) is 0 Å². The monoisotopic (exact) mass is 404 g/mol. The third kappa shape index (κ3) is 4.60. The molecule has 1 saturated heterocycles. The number of fused-ring (bicyclic) bond motifs is 1. The van der Waals surface area contributed by atoms with Crippen molar-refractivity contribution in [2.75, 3.05) is 13.1 Å². The van der Waals surface area contributed by atoms with Crippen LogP contribution in [0.4, 0.5) is 0 Å². The molecule has 1 fully saturated rings. The van der Waals surface area contributed by atoms with Crippen LogP contribution in [0.15, 0.2) is 53.3 Å². The maximum atomic E-state index is 12.5. The number of benzene rings is 2. The van der Waals surface area contributed by atoms with E-state index in [9.17, 15) is 9.59 Å². The molecule has 0 saturated carbocycles. The SMILES string of the molecule is Cn1c(CCC(=O)NCc2ccccc2CN2CCCC2)nc2ccccc2c1=O. The van der Waals surface area contributed by atoms with Crippen molar-refractivity contribution in [3.63, 3.8) is 0 Å². The van der Waals surface area contributed by atoms with E-state index in [1.807, 2.05) is 24.3 Å². The largest absolute Gasteiger partial charge is 0.352 e. The van der Waals surface area contributed by atoms with Gasteiger partial charge in [-0.25, -0.2) is 4.98 Å². The molecule has 0 unspecified atom stereocenters. The summed E-state index contributed by atoms with van der Waals surface area (Å²) in [7, 11) is 1.71. The Bertz CT molecular complexity index is 1100. The second kappa shape index (κ2) is 9.22. The highest BCUT2D eigenvalue weighted by Gasteiger charge is 2.14. The van der Waals surface area contributed by atoms with E-state index in [1.165, 1.54) is 18.4 Å².